The monoisotopic (exact) mass is 443 g/mol. The first-order valence-corrected chi connectivity index (χ1v) is 9.39. The van der Waals surface area contributed by atoms with Gasteiger partial charge in [0.1, 0.15) is 0 Å². The summed E-state index contributed by atoms with van der Waals surface area (Å²) >= 11 is 3.28. The highest BCUT2D eigenvalue weighted by atomic mass is 79.9. The van der Waals surface area contributed by atoms with E-state index in [1.807, 2.05) is 13.0 Å². The summed E-state index contributed by atoms with van der Waals surface area (Å²) in [4.78, 5) is 49.7. The fraction of sp³-hybridized carbons (Fsp3) is 0.200. The summed E-state index contributed by atoms with van der Waals surface area (Å²) in [6.07, 6.45) is -0.0555. The highest BCUT2D eigenvalue weighted by molar-refractivity contribution is 9.10. The topological polar surface area (TPSA) is 95.6 Å². The van der Waals surface area contributed by atoms with Gasteiger partial charge in [0.25, 0.3) is 11.8 Å². The fourth-order valence-corrected chi connectivity index (χ4v) is 3.31. The molecule has 1 aliphatic rings. The maximum atomic E-state index is 12.5. The lowest BCUT2D eigenvalue weighted by molar-refractivity contribution is -0.116. The highest BCUT2D eigenvalue weighted by Crippen LogP contribution is 2.27. The molecule has 144 valence electrons. The number of fused-ring (bicyclic) bond motifs is 1. The molecule has 28 heavy (non-hydrogen) atoms. The molecule has 1 heterocycles. The number of hydrogen-bond donors (Lipinski definition) is 2. The van der Waals surface area contributed by atoms with Crippen molar-refractivity contribution in [3.63, 3.8) is 0 Å². The smallest absolute Gasteiger partial charge is 0.261 e. The van der Waals surface area contributed by atoms with Crippen LogP contribution < -0.4 is 10.6 Å². The lowest BCUT2D eigenvalue weighted by Gasteiger charge is -2.15. The standard InChI is InChI=1S/C20H18BrN3O4/c1-11-3-6-16(22-12(2)25)17(9-11)23-18(26)7-8-24-19(27)14-5-4-13(21)10-15(14)20(24)28/h3-6,9-10H,7-8H2,1-2H3,(H,22,25)(H,23,26). The summed E-state index contributed by atoms with van der Waals surface area (Å²) in [6, 6.07) is 10.1. The van der Waals surface area contributed by atoms with Crippen LogP contribution in [0.1, 0.15) is 39.6 Å². The van der Waals surface area contributed by atoms with Gasteiger partial charge in [0.05, 0.1) is 22.5 Å². The molecule has 0 fully saturated rings. The number of aryl methyl sites for hydroxylation is 1. The van der Waals surface area contributed by atoms with E-state index in [1.165, 1.54) is 6.92 Å². The van der Waals surface area contributed by atoms with Gasteiger partial charge < -0.3 is 10.6 Å². The number of hydrogen-bond acceptors (Lipinski definition) is 4. The number of benzene rings is 2. The molecule has 0 atom stereocenters. The van der Waals surface area contributed by atoms with E-state index in [-0.39, 0.29) is 24.8 Å². The van der Waals surface area contributed by atoms with Crippen molar-refractivity contribution in [2.45, 2.75) is 20.3 Å². The Morgan fingerprint density at radius 2 is 1.68 bits per heavy atom. The molecule has 3 rings (SSSR count). The molecular weight excluding hydrogens is 426 g/mol. The summed E-state index contributed by atoms with van der Waals surface area (Å²) in [5, 5.41) is 5.39. The third-order valence-corrected chi connectivity index (χ3v) is 4.75. The van der Waals surface area contributed by atoms with Crippen LogP contribution in [0.2, 0.25) is 0 Å². The summed E-state index contributed by atoms with van der Waals surface area (Å²) in [5.74, 6) is -1.44. The van der Waals surface area contributed by atoms with Crippen molar-refractivity contribution in [1.82, 2.24) is 4.90 Å². The first kappa shape index (κ1) is 19.8. The number of carbonyl (C=O) groups excluding carboxylic acids is 4. The van der Waals surface area contributed by atoms with Crippen LogP contribution in [-0.2, 0) is 9.59 Å². The lowest BCUT2D eigenvalue weighted by atomic mass is 10.1. The van der Waals surface area contributed by atoms with Crippen molar-refractivity contribution >= 4 is 50.9 Å². The molecule has 8 heteroatoms. The van der Waals surface area contributed by atoms with Crippen LogP contribution in [0.15, 0.2) is 40.9 Å². The number of rotatable bonds is 5. The molecule has 4 amide bonds. The minimum atomic E-state index is -0.413. The van der Waals surface area contributed by atoms with Crippen LogP contribution in [0.4, 0.5) is 11.4 Å². The van der Waals surface area contributed by atoms with E-state index in [0.29, 0.717) is 27.0 Å². The van der Waals surface area contributed by atoms with Gasteiger partial charge in [-0.1, -0.05) is 22.0 Å². The second-order valence-corrected chi connectivity index (χ2v) is 7.40. The molecule has 0 saturated carbocycles. The first-order valence-electron chi connectivity index (χ1n) is 8.60. The minimum absolute atomic E-state index is 0.0307. The maximum Gasteiger partial charge on any atom is 0.261 e. The number of nitrogens with zero attached hydrogens (tertiary/aromatic N) is 1. The van der Waals surface area contributed by atoms with Gasteiger partial charge in [0.15, 0.2) is 0 Å². The Labute approximate surface area is 170 Å². The van der Waals surface area contributed by atoms with Crippen LogP contribution in [-0.4, -0.2) is 35.1 Å². The molecule has 1 aliphatic heterocycles. The van der Waals surface area contributed by atoms with E-state index in [0.717, 1.165) is 10.5 Å². The number of halogens is 1. The second-order valence-electron chi connectivity index (χ2n) is 6.48. The maximum absolute atomic E-state index is 12.5. The third kappa shape index (κ3) is 4.12. The minimum Gasteiger partial charge on any atom is -0.325 e. The van der Waals surface area contributed by atoms with Crippen molar-refractivity contribution in [2.75, 3.05) is 17.2 Å². The summed E-state index contributed by atoms with van der Waals surface area (Å²) in [7, 11) is 0. The Hall–Kier alpha value is -3.00. The zero-order valence-electron chi connectivity index (χ0n) is 15.3. The second kappa shape index (κ2) is 7.93. The number of imide groups is 1. The zero-order chi connectivity index (χ0) is 20.4. The Morgan fingerprint density at radius 1 is 0.964 bits per heavy atom. The molecule has 2 aromatic carbocycles. The van der Waals surface area contributed by atoms with E-state index in [9.17, 15) is 19.2 Å². The molecule has 0 aliphatic carbocycles. The van der Waals surface area contributed by atoms with Crippen LogP contribution >= 0.6 is 15.9 Å². The van der Waals surface area contributed by atoms with Crippen LogP contribution in [0.5, 0.6) is 0 Å². The van der Waals surface area contributed by atoms with Gasteiger partial charge in [-0.15, -0.1) is 0 Å². The predicted molar refractivity (Wildman–Crippen MR) is 108 cm³/mol. The molecule has 0 aromatic heterocycles. The van der Waals surface area contributed by atoms with Crippen molar-refractivity contribution < 1.29 is 19.2 Å². The number of carbonyl (C=O) groups is 4. The van der Waals surface area contributed by atoms with Crippen molar-refractivity contribution in [1.29, 1.82) is 0 Å². The van der Waals surface area contributed by atoms with Crippen molar-refractivity contribution in [3.05, 3.63) is 57.6 Å². The number of anilines is 2. The Morgan fingerprint density at radius 3 is 2.39 bits per heavy atom. The van der Waals surface area contributed by atoms with E-state index >= 15 is 0 Å². The largest absolute Gasteiger partial charge is 0.325 e. The van der Waals surface area contributed by atoms with Gasteiger partial charge in [-0.25, -0.2) is 0 Å². The van der Waals surface area contributed by atoms with Crippen molar-refractivity contribution in [2.24, 2.45) is 0 Å². The van der Waals surface area contributed by atoms with Gasteiger partial charge in [0.2, 0.25) is 11.8 Å². The average Bonchev–Trinajstić information content (AvgIpc) is 2.85. The Kier molecular flexibility index (Phi) is 5.60. The van der Waals surface area contributed by atoms with Gasteiger partial charge in [-0.2, -0.15) is 0 Å². The summed E-state index contributed by atoms with van der Waals surface area (Å²) in [5.41, 5.74) is 2.52. The zero-order valence-corrected chi connectivity index (χ0v) is 16.9. The fourth-order valence-electron chi connectivity index (χ4n) is 2.95. The molecule has 0 bridgehead atoms. The molecule has 2 N–H and O–H groups in total. The van der Waals surface area contributed by atoms with E-state index in [2.05, 4.69) is 26.6 Å². The molecule has 0 spiro atoms. The van der Waals surface area contributed by atoms with Crippen LogP contribution in [0.3, 0.4) is 0 Å². The predicted octanol–water partition coefficient (Wildman–Crippen LogP) is 3.34. The number of nitrogens with one attached hydrogen (secondary N) is 2. The highest BCUT2D eigenvalue weighted by Gasteiger charge is 2.35. The normalized spacial score (nSPS) is 12.8. The number of amides is 4. The van der Waals surface area contributed by atoms with Gasteiger partial charge >= 0.3 is 0 Å². The molecule has 0 saturated heterocycles. The molecule has 0 unspecified atom stereocenters. The molecule has 2 aromatic rings. The lowest BCUT2D eigenvalue weighted by Crippen LogP contribution is -2.33. The first-order chi connectivity index (χ1) is 13.3. The van der Waals surface area contributed by atoms with Gasteiger partial charge in [0, 0.05) is 24.4 Å². The summed E-state index contributed by atoms with van der Waals surface area (Å²) in [6.45, 7) is 3.22. The van der Waals surface area contributed by atoms with E-state index in [1.54, 1.807) is 30.3 Å². The Bertz CT molecular complexity index is 1000. The average molecular weight is 444 g/mol. The third-order valence-electron chi connectivity index (χ3n) is 4.26. The molecular formula is C20H18BrN3O4. The quantitative estimate of drug-likeness (QED) is 0.692. The summed E-state index contributed by atoms with van der Waals surface area (Å²) < 4.78 is 0.706. The molecule has 7 nitrogen and oxygen atoms in total. The van der Waals surface area contributed by atoms with Crippen LogP contribution in [0.25, 0.3) is 0 Å². The van der Waals surface area contributed by atoms with E-state index < -0.39 is 11.8 Å². The SMILES string of the molecule is CC(=O)Nc1ccc(C)cc1NC(=O)CCN1C(=O)c2ccc(Br)cc2C1=O. The van der Waals surface area contributed by atoms with E-state index in [4.69, 9.17) is 0 Å². The van der Waals surface area contributed by atoms with Crippen molar-refractivity contribution in [3.8, 4) is 0 Å². The Balaban J connectivity index is 1.67. The van der Waals surface area contributed by atoms with Crippen LogP contribution in [0, 0.1) is 6.92 Å². The molecule has 0 radical (unpaired) electrons. The van der Waals surface area contributed by atoms with Gasteiger partial charge in [-0.05, 0) is 42.8 Å². The van der Waals surface area contributed by atoms with Gasteiger partial charge in [-0.3, -0.25) is 24.1 Å².